The minimum Gasteiger partial charge on any atom is -0.465 e. The zero-order chi connectivity index (χ0) is 21.0. The smallest absolute Gasteiger partial charge is 0.302 e. The summed E-state index contributed by atoms with van der Waals surface area (Å²) < 4.78 is 11.0. The summed E-state index contributed by atoms with van der Waals surface area (Å²) in [5, 5.41) is 11.1. The zero-order valence-corrected chi connectivity index (χ0v) is 17.6. The highest BCUT2D eigenvalue weighted by atomic mass is 16.5. The van der Waals surface area contributed by atoms with Crippen LogP contribution in [-0.2, 0) is 23.9 Å². The van der Waals surface area contributed by atoms with Crippen LogP contribution >= 0.6 is 0 Å². The topological polar surface area (TPSA) is 89.9 Å². The number of rotatable bonds is 3. The van der Waals surface area contributed by atoms with Crippen molar-refractivity contribution in [2.24, 2.45) is 28.6 Å². The van der Waals surface area contributed by atoms with Gasteiger partial charge in [0.25, 0.3) is 0 Å². The van der Waals surface area contributed by atoms with Crippen molar-refractivity contribution in [3.8, 4) is 0 Å². The third-order valence-electron chi connectivity index (χ3n) is 8.38. The van der Waals surface area contributed by atoms with Crippen molar-refractivity contribution in [2.45, 2.75) is 77.9 Å². The lowest BCUT2D eigenvalue weighted by atomic mass is 9.47. The Bertz CT molecular complexity index is 756. The van der Waals surface area contributed by atoms with E-state index < -0.39 is 6.10 Å². The second kappa shape index (κ2) is 7.22. The van der Waals surface area contributed by atoms with E-state index in [1.54, 1.807) is 0 Å². The van der Waals surface area contributed by atoms with E-state index >= 15 is 0 Å². The molecule has 3 fully saturated rings. The second-order valence-corrected chi connectivity index (χ2v) is 9.80. The van der Waals surface area contributed by atoms with E-state index in [4.69, 9.17) is 9.47 Å². The first-order valence-corrected chi connectivity index (χ1v) is 10.9. The number of Topliss-reactive ketones (excluding diaryl/α,β-unsaturated/α-hetero) is 1. The average Bonchev–Trinajstić information content (AvgIpc) is 2.95. The SMILES string of the molecule is CC(=O)OC[C@]12CC[C@H](OC(C)=O)CC1=C[C@@H](O)[C@@H]1[C@@H]2CC[C@]2(C)C(=O)CC[C@@H]12. The monoisotopic (exact) mass is 404 g/mol. The number of fused-ring (bicyclic) bond motifs is 5. The molecule has 29 heavy (non-hydrogen) atoms. The molecule has 7 atom stereocenters. The van der Waals surface area contributed by atoms with Gasteiger partial charge in [0.05, 0.1) is 6.10 Å². The molecule has 4 aliphatic carbocycles. The van der Waals surface area contributed by atoms with Crippen molar-refractivity contribution < 1.29 is 29.0 Å². The maximum absolute atomic E-state index is 12.6. The average molecular weight is 405 g/mol. The van der Waals surface area contributed by atoms with Crippen molar-refractivity contribution in [3.05, 3.63) is 11.6 Å². The van der Waals surface area contributed by atoms with Crippen LogP contribution in [0.3, 0.4) is 0 Å². The molecule has 6 heteroatoms. The molecule has 4 aliphatic rings. The van der Waals surface area contributed by atoms with Gasteiger partial charge in [0.15, 0.2) is 0 Å². The Morgan fingerprint density at radius 2 is 1.90 bits per heavy atom. The molecule has 0 heterocycles. The third kappa shape index (κ3) is 3.24. The number of hydrogen-bond donors (Lipinski definition) is 1. The Labute approximate surface area is 172 Å². The van der Waals surface area contributed by atoms with E-state index in [0.29, 0.717) is 25.2 Å². The summed E-state index contributed by atoms with van der Waals surface area (Å²) in [5.74, 6) is 0.0665. The van der Waals surface area contributed by atoms with E-state index in [0.717, 1.165) is 37.7 Å². The minimum absolute atomic E-state index is 0.00443. The van der Waals surface area contributed by atoms with Gasteiger partial charge in [0, 0.05) is 37.5 Å². The van der Waals surface area contributed by atoms with Crippen LogP contribution in [0.4, 0.5) is 0 Å². The Morgan fingerprint density at radius 3 is 2.59 bits per heavy atom. The lowest BCUT2D eigenvalue weighted by molar-refractivity contribution is -0.157. The Balaban J connectivity index is 1.71. The molecule has 0 radical (unpaired) electrons. The maximum atomic E-state index is 12.6. The summed E-state index contributed by atoms with van der Waals surface area (Å²) in [4.78, 5) is 35.7. The third-order valence-corrected chi connectivity index (χ3v) is 8.38. The summed E-state index contributed by atoms with van der Waals surface area (Å²) in [6.07, 6.45) is 6.26. The van der Waals surface area contributed by atoms with Gasteiger partial charge in [-0.25, -0.2) is 0 Å². The molecule has 0 spiro atoms. The largest absolute Gasteiger partial charge is 0.465 e. The molecule has 0 amide bonds. The highest BCUT2D eigenvalue weighted by molar-refractivity contribution is 5.87. The van der Waals surface area contributed by atoms with Crippen molar-refractivity contribution in [2.75, 3.05) is 6.61 Å². The van der Waals surface area contributed by atoms with Crippen molar-refractivity contribution in [3.63, 3.8) is 0 Å². The molecule has 0 aromatic rings. The van der Waals surface area contributed by atoms with Gasteiger partial charge in [-0.05, 0) is 49.9 Å². The first-order chi connectivity index (χ1) is 13.7. The number of carbonyl (C=O) groups excluding carboxylic acids is 3. The summed E-state index contributed by atoms with van der Waals surface area (Å²) >= 11 is 0. The number of aliphatic hydroxyl groups is 1. The predicted molar refractivity (Wildman–Crippen MR) is 105 cm³/mol. The van der Waals surface area contributed by atoms with Crippen LogP contribution in [0.15, 0.2) is 11.6 Å². The van der Waals surface area contributed by atoms with Gasteiger partial charge >= 0.3 is 11.9 Å². The number of esters is 2. The number of ether oxygens (including phenoxy) is 2. The summed E-state index contributed by atoms with van der Waals surface area (Å²) in [6, 6.07) is 0. The number of aliphatic hydroxyl groups excluding tert-OH is 1. The molecule has 0 aliphatic heterocycles. The first kappa shape index (κ1) is 20.6. The van der Waals surface area contributed by atoms with Crippen molar-refractivity contribution in [1.82, 2.24) is 0 Å². The van der Waals surface area contributed by atoms with E-state index in [1.165, 1.54) is 13.8 Å². The van der Waals surface area contributed by atoms with Crippen LogP contribution in [0.25, 0.3) is 0 Å². The molecule has 0 aromatic carbocycles. The van der Waals surface area contributed by atoms with Gasteiger partial charge in [-0.1, -0.05) is 18.6 Å². The van der Waals surface area contributed by atoms with Crippen LogP contribution in [0.1, 0.15) is 65.7 Å². The van der Waals surface area contributed by atoms with Crippen LogP contribution in [-0.4, -0.2) is 41.6 Å². The van der Waals surface area contributed by atoms with E-state index in [-0.39, 0.29) is 46.6 Å². The number of carbonyl (C=O) groups is 3. The van der Waals surface area contributed by atoms with E-state index in [1.807, 2.05) is 6.08 Å². The quantitative estimate of drug-likeness (QED) is 0.575. The fourth-order valence-corrected chi connectivity index (χ4v) is 7.03. The fourth-order valence-electron chi connectivity index (χ4n) is 7.03. The zero-order valence-electron chi connectivity index (χ0n) is 17.6. The number of hydrogen-bond acceptors (Lipinski definition) is 6. The molecule has 3 saturated carbocycles. The van der Waals surface area contributed by atoms with Gasteiger partial charge in [0.2, 0.25) is 0 Å². The lowest BCUT2D eigenvalue weighted by Gasteiger charge is -2.58. The fraction of sp³-hybridized carbons (Fsp3) is 0.783. The molecule has 0 aromatic heterocycles. The highest BCUT2D eigenvalue weighted by Gasteiger charge is 2.62. The molecular weight excluding hydrogens is 372 g/mol. The molecule has 160 valence electrons. The van der Waals surface area contributed by atoms with Crippen LogP contribution in [0.5, 0.6) is 0 Å². The van der Waals surface area contributed by atoms with Gasteiger partial charge in [-0.15, -0.1) is 0 Å². The van der Waals surface area contributed by atoms with Gasteiger partial charge in [-0.3, -0.25) is 14.4 Å². The molecule has 4 rings (SSSR count). The van der Waals surface area contributed by atoms with Crippen molar-refractivity contribution >= 4 is 17.7 Å². The minimum atomic E-state index is -0.618. The normalized spacial score (nSPS) is 43.5. The standard InChI is InChI=1S/C23H32O6/c1-13(24)28-12-23-9-6-16(29-14(2)25)10-15(23)11-19(26)21-17-4-5-20(27)22(17,3)8-7-18(21)23/h11,16-19,21,26H,4-10,12H2,1-3H3/t16-,17-,18-,19+,21-,22-,23+/m0/s1. The van der Waals surface area contributed by atoms with Crippen LogP contribution in [0.2, 0.25) is 0 Å². The highest BCUT2D eigenvalue weighted by Crippen LogP contribution is 2.64. The summed E-state index contributed by atoms with van der Waals surface area (Å²) in [6.45, 7) is 5.21. The van der Waals surface area contributed by atoms with Crippen molar-refractivity contribution in [1.29, 1.82) is 0 Å². The predicted octanol–water partition coefficient (Wildman–Crippen LogP) is 2.96. The van der Waals surface area contributed by atoms with Gasteiger partial charge < -0.3 is 14.6 Å². The van der Waals surface area contributed by atoms with E-state index in [2.05, 4.69) is 6.92 Å². The van der Waals surface area contributed by atoms with E-state index in [9.17, 15) is 19.5 Å². The first-order valence-electron chi connectivity index (χ1n) is 10.9. The molecule has 0 saturated heterocycles. The van der Waals surface area contributed by atoms with Gasteiger partial charge in [-0.2, -0.15) is 0 Å². The molecule has 1 N–H and O–H groups in total. The molecule has 6 nitrogen and oxygen atoms in total. The molecule has 0 bridgehead atoms. The Morgan fingerprint density at radius 1 is 1.14 bits per heavy atom. The summed E-state index contributed by atoms with van der Waals surface area (Å²) in [5.41, 5.74) is 0.377. The Kier molecular flexibility index (Phi) is 5.12. The summed E-state index contributed by atoms with van der Waals surface area (Å²) in [7, 11) is 0. The molecular formula is C23H32O6. The lowest BCUT2D eigenvalue weighted by Crippen LogP contribution is -2.57. The van der Waals surface area contributed by atoms with Crippen LogP contribution < -0.4 is 0 Å². The molecule has 0 unspecified atom stereocenters. The second-order valence-electron chi connectivity index (χ2n) is 9.80. The van der Waals surface area contributed by atoms with Gasteiger partial charge in [0.1, 0.15) is 18.5 Å². The number of ketones is 1. The van der Waals surface area contributed by atoms with Crippen LogP contribution in [0, 0.1) is 28.6 Å². The maximum Gasteiger partial charge on any atom is 0.302 e. The Hall–Kier alpha value is -1.69.